The molecule has 1 aromatic carbocycles. The van der Waals surface area contributed by atoms with Gasteiger partial charge >= 0.3 is 0 Å². The lowest BCUT2D eigenvalue weighted by atomic mass is 10.2. The van der Waals surface area contributed by atoms with Gasteiger partial charge in [0.05, 0.1) is 15.8 Å². The Morgan fingerprint density at radius 2 is 2.12 bits per heavy atom. The van der Waals surface area contributed by atoms with Crippen molar-refractivity contribution < 1.29 is 4.39 Å². The maximum atomic E-state index is 13.2. The predicted molar refractivity (Wildman–Crippen MR) is 74.8 cm³/mol. The summed E-state index contributed by atoms with van der Waals surface area (Å²) in [5, 5.41) is 3.20. The van der Waals surface area contributed by atoms with E-state index >= 15 is 0 Å². The third kappa shape index (κ3) is 4.16. The summed E-state index contributed by atoms with van der Waals surface area (Å²) in [6, 6.07) is 3.49. The smallest absolute Gasteiger partial charge is 0.139 e. The van der Waals surface area contributed by atoms with Crippen LogP contribution in [0.15, 0.2) is 16.6 Å². The Hall–Kier alpha value is -0.810. The lowest BCUT2D eigenvalue weighted by Gasteiger charge is -2.21. The molecule has 0 amide bonds. The minimum atomic E-state index is -0.340. The van der Waals surface area contributed by atoms with E-state index in [1.807, 2.05) is 0 Å². The van der Waals surface area contributed by atoms with E-state index in [0.29, 0.717) is 16.2 Å². The molecule has 0 atom stereocenters. The van der Waals surface area contributed by atoms with Crippen LogP contribution in [0.3, 0.4) is 0 Å². The summed E-state index contributed by atoms with van der Waals surface area (Å²) in [4.78, 5) is 2.22. The minimum absolute atomic E-state index is 0.340. The summed E-state index contributed by atoms with van der Waals surface area (Å²) in [7, 11) is 2.07. The second-order valence-electron chi connectivity index (χ2n) is 4.35. The zero-order valence-electron chi connectivity index (χ0n) is 10.4. The highest BCUT2D eigenvalue weighted by atomic mass is 79.9. The number of nitrogens with one attached hydrogen (secondary N) is 1. The first-order chi connectivity index (χ1) is 7.91. The molecule has 0 radical (unpaired) electrons. The van der Waals surface area contributed by atoms with Gasteiger partial charge in [-0.3, -0.25) is 0 Å². The molecular weight excluding hydrogens is 285 g/mol. The van der Waals surface area contributed by atoms with Gasteiger partial charge in [0.1, 0.15) is 5.82 Å². The fourth-order valence-electron chi connectivity index (χ4n) is 1.34. The molecule has 3 nitrogen and oxygen atoms in total. The molecule has 0 aliphatic rings. The number of hydrogen-bond donors (Lipinski definition) is 2. The van der Waals surface area contributed by atoms with Gasteiger partial charge < -0.3 is 16.0 Å². The number of nitrogen functional groups attached to an aromatic ring is 1. The SMILES string of the molecule is CC(C)N(C)CCNc1cc(Br)c(F)cc1N. The number of likely N-dealkylation sites (N-methyl/N-ethyl adjacent to an activating group) is 1. The fourth-order valence-corrected chi connectivity index (χ4v) is 1.68. The Bertz CT molecular complexity index is 382. The van der Waals surface area contributed by atoms with Crippen LogP contribution >= 0.6 is 15.9 Å². The van der Waals surface area contributed by atoms with Crippen molar-refractivity contribution >= 4 is 27.3 Å². The van der Waals surface area contributed by atoms with Gasteiger partial charge in [0.15, 0.2) is 0 Å². The summed E-state index contributed by atoms with van der Waals surface area (Å²) >= 11 is 3.14. The van der Waals surface area contributed by atoms with Gasteiger partial charge in [-0.25, -0.2) is 4.39 Å². The molecule has 0 aromatic heterocycles. The van der Waals surface area contributed by atoms with Crippen LogP contribution < -0.4 is 11.1 Å². The average Bonchev–Trinajstić information content (AvgIpc) is 2.25. The van der Waals surface area contributed by atoms with Crippen molar-refractivity contribution in [1.82, 2.24) is 4.90 Å². The van der Waals surface area contributed by atoms with Crippen molar-refractivity contribution in [1.29, 1.82) is 0 Å². The second-order valence-corrected chi connectivity index (χ2v) is 5.21. The summed E-state index contributed by atoms with van der Waals surface area (Å²) < 4.78 is 13.6. The number of halogens is 2. The van der Waals surface area contributed by atoms with Gasteiger partial charge in [-0.15, -0.1) is 0 Å². The molecule has 0 fully saturated rings. The van der Waals surface area contributed by atoms with Gasteiger partial charge in [-0.05, 0) is 42.9 Å². The van der Waals surface area contributed by atoms with E-state index in [1.54, 1.807) is 6.07 Å². The van der Waals surface area contributed by atoms with E-state index in [2.05, 4.69) is 47.0 Å². The van der Waals surface area contributed by atoms with Crippen molar-refractivity contribution in [2.24, 2.45) is 0 Å². The van der Waals surface area contributed by atoms with Crippen molar-refractivity contribution in [3.8, 4) is 0 Å². The quantitative estimate of drug-likeness (QED) is 0.822. The van der Waals surface area contributed by atoms with Gasteiger partial charge in [-0.1, -0.05) is 0 Å². The molecule has 0 heterocycles. The first kappa shape index (κ1) is 14.3. The van der Waals surface area contributed by atoms with E-state index in [1.165, 1.54) is 6.07 Å². The second kappa shape index (κ2) is 6.21. The highest BCUT2D eigenvalue weighted by Gasteiger charge is 2.06. The molecule has 96 valence electrons. The molecule has 0 bridgehead atoms. The molecule has 1 rings (SSSR count). The summed E-state index contributed by atoms with van der Waals surface area (Å²) in [5.74, 6) is -0.340. The van der Waals surface area contributed by atoms with Crippen LogP contribution in [-0.2, 0) is 0 Å². The summed E-state index contributed by atoms with van der Waals surface area (Å²) in [6.07, 6.45) is 0. The van der Waals surface area contributed by atoms with E-state index < -0.39 is 0 Å². The largest absolute Gasteiger partial charge is 0.397 e. The van der Waals surface area contributed by atoms with E-state index in [4.69, 9.17) is 5.73 Å². The fraction of sp³-hybridized carbons (Fsp3) is 0.500. The van der Waals surface area contributed by atoms with Crippen molar-refractivity contribution in [3.63, 3.8) is 0 Å². The number of nitrogens with two attached hydrogens (primary N) is 1. The highest BCUT2D eigenvalue weighted by molar-refractivity contribution is 9.10. The monoisotopic (exact) mass is 303 g/mol. The van der Waals surface area contributed by atoms with E-state index in [0.717, 1.165) is 18.8 Å². The van der Waals surface area contributed by atoms with Gasteiger partial charge in [0.25, 0.3) is 0 Å². The lowest BCUT2D eigenvalue weighted by Crippen LogP contribution is -2.31. The Kier molecular flexibility index (Phi) is 5.21. The molecule has 17 heavy (non-hydrogen) atoms. The molecule has 0 saturated heterocycles. The van der Waals surface area contributed by atoms with Crippen molar-refractivity contribution in [2.45, 2.75) is 19.9 Å². The highest BCUT2D eigenvalue weighted by Crippen LogP contribution is 2.26. The molecule has 0 aliphatic heterocycles. The molecule has 0 saturated carbocycles. The first-order valence-electron chi connectivity index (χ1n) is 5.60. The van der Waals surface area contributed by atoms with Crippen molar-refractivity contribution in [3.05, 3.63) is 22.4 Å². The van der Waals surface area contributed by atoms with E-state index in [-0.39, 0.29) is 5.82 Å². The van der Waals surface area contributed by atoms with E-state index in [9.17, 15) is 4.39 Å². The number of hydrogen-bond acceptors (Lipinski definition) is 3. The van der Waals surface area contributed by atoms with Crippen LogP contribution in [0.1, 0.15) is 13.8 Å². The Balaban J connectivity index is 2.55. The van der Waals surface area contributed by atoms with Crippen LogP contribution in [0, 0.1) is 5.82 Å². The lowest BCUT2D eigenvalue weighted by molar-refractivity contribution is 0.284. The first-order valence-corrected chi connectivity index (χ1v) is 6.39. The molecule has 0 spiro atoms. The van der Waals surface area contributed by atoms with Gasteiger partial charge in [-0.2, -0.15) is 0 Å². The number of rotatable bonds is 5. The molecule has 3 N–H and O–H groups in total. The standard InChI is InChI=1S/C12H19BrFN3/c1-8(2)17(3)5-4-16-12-6-9(13)10(14)7-11(12)15/h6-8,16H,4-5,15H2,1-3H3. The topological polar surface area (TPSA) is 41.3 Å². The summed E-state index contributed by atoms with van der Waals surface area (Å²) in [6.45, 7) is 5.97. The Morgan fingerprint density at radius 3 is 2.71 bits per heavy atom. The number of benzene rings is 1. The van der Waals surface area contributed by atoms with Gasteiger partial charge in [0, 0.05) is 25.2 Å². The normalized spacial score (nSPS) is 11.2. The third-order valence-electron chi connectivity index (χ3n) is 2.75. The molecule has 0 aliphatic carbocycles. The third-order valence-corrected chi connectivity index (χ3v) is 3.36. The Labute approximate surface area is 110 Å². The van der Waals surface area contributed by atoms with Crippen LogP contribution in [0.25, 0.3) is 0 Å². The van der Waals surface area contributed by atoms with Crippen LogP contribution in [-0.4, -0.2) is 31.1 Å². The number of nitrogens with zero attached hydrogens (tertiary/aromatic N) is 1. The zero-order valence-corrected chi connectivity index (χ0v) is 12.0. The minimum Gasteiger partial charge on any atom is -0.397 e. The maximum Gasteiger partial charge on any atom is 0.139 e. The molecule has 1 aromatic rings. The number of anilines is 2. The maximum absolute atomic E-state index is 13.2. The Morgan fingerprint density at radius 1 is 1.47 bits per heavy atom. The zero-order chi connectivity index (χ0) is 13.0. The molecule has 5 heteroatoms. The van der Waals surface area contributed by atoms with Crippen LogP contribution in [0.2, 0.25) is 0 Å². The molecule has 0 unspecified atom stereocenters. The molecular formula is C12H19BrFN3. The van der Waals surface area contributed by atoms with Crippen LogP contribution in [0.4, 0.5) is 15.8 Å². The van der Waals surface area contributed by atoms with Crippen molar-refractivity contribution in [2.75, 3.05) is 31.2 Å². The predicted octanol–water partition coefficient (Wildman–Crippen LogP) is 2.92. The average molecular weight is 304 g/mol. The summed E-state index contributed by atoms with van der Waals surface area (Å²) in [5.41, 5.74) is 6.92. The van der Waals surface area contributed by atoms with Crippen LogP contribution in [0.5, 0.6) is 0 Å². The van der Waals surface area contributed by atoms with Gasteiger partial charge in [0.2, 0.25) is 0 Å².